The second kappa shape index (κ2) is 4.59. The Hall–Kier alpha value is -1.43. The molecular weight excluding hydrogens is 264 g/mol. The molecule has 1 unspecified atom stereocenters. The average Bonchev–Trinajstić information content (AvgIpc) is 2.65. The fourth-order valence-electron chi connectivity index (χ4n) is 2.53. The number of hydrogen-bond acceptors (Lipinski definition) is 4. The molecule has 1 aromatic rings. The zero-order valence-electron chi connectivity index (χ0n) is 11.4. The lowest BCUT2D eigenvalue weighted by atomic mass is 10.1. The zero-order valence-corrected chi connectivity index (χ0v) is 12.2. The molecule has 1 aliphatic rings. The van der Waals surface area contributed by atoms with Gasteiger partial charge in [-0.1, -0.05) is 13.8 Å². The molecular formula is C13H18N2O3S. The SMILES string of the molecule is Cc1cnc(C(C)NC(=O)[C@H]2[C@@H](C(=O)O)C2(C)C)s1. The van der Waals surface area contributed by atoms with Gasteiger partial charge in [0, 0.05) is 11.1 Å². The number of carboxylic acids is 1. The van der Waals surface area contributed by atoms with Crippen LogP contribution < -0.4 is 5.32 Å². The number of rotatable bonds is 4. The van der Waals surface area contributed by atoms with Crippen LogP contribution >= 0.6 is 11.3 Å². The number of nitrogens with zero attached hydrogens (tertiary/aromatic N) is 1. The first-order valence-corrected chi connectivity index (χ1v) is 7.02. The number of aromatic nitrogens is 1. The van der Waals surface area contributed by atoms with E-state index >= 15 is 0 Å². The number of carboxylic acid groups (broad SMARTS) is 1. The third-order valence-electron chi connectivity index (χ3n) is 3.74. The predicted molar refractivity (Wildman–Crippen MR) is 71.8 cm³/mol. The summed E-state index contributed by atoms with van der Waals surface area (Å²) in [5.41, 5.74) is -0.464. The molecule has 1 saturated carbocycles. The van der Waals surface area contributed by atoms with Crippen molar-refractivity contribution in [3.63, 3.8) is 0 Å². The molecule has 1 fully saturated rings. The summed E-state index contributed by atoms with van der Waals surface area (Å²) >= 11 is 1.53. The molecule has 0 spiro atoms. The second-order valence-corrected chi connectivity index (χ2v) is 6.92. The fourth-order valence-corrected chi connectivity index (χ4v) is 3.30. The first kappa shape index (κ1) is 14.0. The van der Waals surface area contributed by atoms with E-state index in [-0.39, 0.29) is 11.9 Å². The summed E-state index contributed by atoms with van der Waals surface area (Å²) in [4.78, 5) is 28.5. The van der Waals surface area contributed by atoms with Gasteiger partial charge in [-0.3, -0.25) is 9.59 Å². The van der Waals surface area contributed by atoms with Crippen molar-refractivity contribution >= 4 is 23.2 Å². The van der Waals surface area contributed by atoms with Crippen molar-refractivity contribution in [2.75, 3.05) is 0 Å². The highest BCUT2D eigenvalue weighted by Crippen LogP contribution is 2.58. The molecule has 3 atom stereocenters. The number of hydrogen-bond donors (Lipinski definition) is 2. The molecule has 0 aliphatic heterocycles. The number of carbonyl (C=O) groups is 2. The van der Waals surface area contributed by atoms with Crippen molar-refractivity contribution in [3.8, 4) is 0 Å². The normalized spacial score (nSPS) is 25.7. The van der Waals surface area contributed by atoms with Gasteiger partial charge >= 0.3 is 5.97 Å². The Morgan fingerprint density at radius 1 is 1.47 bits per heavy atom. The van der Waals surface area contributed by atoms with E-state index in [1.165, 1.54) is 11.3 Å². The van der Waals surface area contributed by atoms with Gasteiger partial charge in [0.25, 0.3) is 0 Å². The van der Waals surface area contributed by atoms with Crippen LogP contribution in [0.25, 0.3) is 0 Å². The first-order valence-electron chi connectivity index (χ1n) is 6.20. The minimum absolute atomic E-state index is 0.183. The van der Waals surface area contributed by atoms with Crippen LogP contribution in [0.4, 0.5) is 0 Å². The van der Waals surface area contributed by atoms with Crippen LogP contribution in [0.5, 0.6) is 0 Å². The minimum Gasteiger partial charge on any atom is -0.481 e. The van der Waals surface area contributed by atoms with Crippen LogP contribution in [0.1, 0.15) is 36.7 Å². The summed E-state index contributed by atoms with van der Waals surface area (Å²) in [5, 5.41) is 12.8. The lowest BCUT2D eigenvalue weighted by molar-refractivity contribution is -0.140. The van der Waals surface area contributed by atoms with Crippen LogP contribution in [0.15, 0.2) is 6.20 Å². The van der Waals surface area contributed by atoms with E-state index in [9.17, 15) is 9.59 Å². The van der Waals surface area contributed by atoms with Crippen molar-refractivity contribution < 1.29 is 14.7 Å². The van der Waals surface area contributed by atoms with Crippen molar-refractivity contribution in [2.45, 2.75) is 33.7 Å². The van der Waals surface area contributed by atoms with E-state index in [2.05, 4.69) is 10.3 Å². The Morgan fingerprint density at radius 3 is 2.53 bits per heavy atom. The quantitative estimate of drug-likeness (QED) is 0.885. The molecule has 2 N–H and O–H groups in total. The highest BCUT2D eigenvalue weighted by molar-refractivity contribution is 7.11. The molecule has 0 bridgehead atoms. The smallest absolute Gasteiger partial charge is 0.307 e. The molecule has 0 radical (unpaired) electrons. The maximum Gasteiger partial charge on any atom is 0.307 e. The van der Waals surface area contributed by atoms with E-state index in [4.69, 9.17) is 5.11 Å². The summed E-state index contributed by atoms with van der Waals surface area (Å²) in [6.07, 6.45) is 1.77. The Balaban J connectivity index is 2.01. The number of thiazole rings is 1. The van der Waals surface area contributed by atoms with Gasteiger partial charge in [0.15, 0.2) is 0 Å². The van der Waals surface area contributed by atoms with E-state index in [1.807, 2.05) is 27.7 Å². The molecule has 1 aromatic heterocycles. The summed E-state index contributed by atoms with van der Waals surface area (Å²) < 4.78 is 0. The molecule has 2 rings (SSSR count). The molecule has 19 heavy (non-hydrogen) atoms. The van der Waals surface area contributed by atoms with E-state index in [0.29, 0.717) is 0 Å². The van der Waals surface area contributed by atoms with Crippen LogP contribution in [0, 0.1) is 24.2 Å². The van der Waals surface area contributed by atoms with E-state index in [0.717, 1.165) is 9.88 Å². The monoisotopic (exact) mass is 282 g/mol. The Labute approximate surface area is 116 Å². The average molecular weight is 282 g/mol. The third-order valence-corrected chi connectivity index (χ3v) is 4.84. The fraction of sp³-hybridized carbons (Fsp3) is 0.615. The standard InChI is InChI=1S/C13H18N2O3S/c1-6-5-14-11(19-6)7(2)15-10(16)8-9(12(17)18)13(8,3)4/h5,7-9H,1-4H3,(H,15,16)(H,17,18)/t7?,8-,9+/m1/s1. The summed E-state index contributed by atoms with van der Waals surface area (Å²) in [6, 6.07) is -0.183. The molecule has 104 valence electrons. The van der Waals surface area contributed by atoms with Crippen LogP contribution in [-0.2, 0) is 9.59 Å². The van der Waals surface area contributed by atoms with Gasteiger partial charge in [0.05, 0.1) is 17.9 Å². The molecule has 5 nitrogen and oxygen atoms in total. The van der Waals surface area contributed by atoms with Gasteiger partial charge in [-0.05, 0) is 19.3 Å². The molecule has 1 heterocycles. The van der Waals surface area contributed by atoms with Crippen molar-refractivity contribution in [1.82, 2.24) is 10.3 Å². The van der Waals surface area contributed by atoms with Gasteiger partial charge in [-0.2, -0.15) is 0 Å². The lowest BCUT2D eigenvalue weighted by Gasteiger charge is -2.11. The topological polar surface area (TPSA) is 79.3 Å². The lowest BCUT2D eigenvalue weighted by Crippen LogP contribution is -2.29. The van der Waals surface area contributed by atoms with Crippen LogP contribution in [-0.4, -0.2) is 22.0 Å². The third kappa shape index (κ3) is 2.49. The van der Waals surface area contributed by atoms with Gasteiger partial charge in [-0.15, -0.1) is 11.3 Å². The Kier molecular flexibility index (Phi) is 3.38. The number of aryl methyl sites for hydroxylation is 1. The van der Waals surface area contributed by atoms with E-state index in [1.54, 1.807) is 6.20 Å². The highest BCUT2D eigenvalue weighted by atomic mass is 32.1. The molecule has 1 amide bonds. The van der Waals surface area contributed by atoms with Gasteiger partial charge in [0.1, 0.15) is 5.01 Å². The van der Waals surface area contributed by atoms with E-state index < -0.39 is 23.2 Å². The van der Waals surface area contributed by atoms with Gasteiger partial charge in [0.2, 0.25) is 5.91 Å². The number of nitrogens with one attached hydrogen (secondary N) is 1. The van der Waals surface area contributed by atoms with Crippen molar-refractivity contribution in [1.29, 1.82) is 0 Å². The highest BCUT2D eigenvalue weighted by Gasteiger charge is 2.65. The molecule has 0 aromatic carbocycles. The van der Waals surface area contributed by atoms with Crippen LogP contribution in [0.2, 0.25) is 0 Å². The van der Waals surface area contributed by atoms with Crippen molar-refractivity contribution in [2.24, 2.45) is 17.3 Å². The molecule has 1 aliphatic carbocycles. The largest absolute Gasteiger partial charge is 0.481 e. The van der Waals surface area contributed by atoms with Gasteiger partial charge in [-0.25, -0.2) is 4.98 Å². The predicted octanol–water partition coefficient (Wildman–Crippen LogP) is 1.99. The summed E-state index contributed by atoms with van der Waals surface area (Å²) in [7, 11) is 0. The minimum atomic E-state index is -0.900. The maximum atomic E-state index is 12.1. The maximum absolute atomic E-state index is 12.1. The molecule has 0 saturated heterocycles. The second-order valence-electron chi connectivity index (χ2n) is 5.65. The Bertz CT molecular complexity index is 524. The van der Waals surface area contributed by atoms with Crippen LogP contribution in [0.3, 0.4) is 0 Å². The molecule has 6 heteroatoms. The summed E-state index contributed by atoms with van der Waals surface area (Å²) in [5.74, 6) is -2.13. The van der Waals surface area contributed by atoms with Crippen molar-refractivity contribution in [3.05, 3.63) is 16.1 Å². The summed E-state index contributed by atoms with van der Waals surface area (Å²) in [6.45, 7) is 7.45. The Morgan fingerprint density at radius 2 is 2.11 bits per heavy atom. The zero-order chi connectivity index (χ0) is 14.4. The first-order chi connectivity index (χ1) is 8.75. The number of amides is 1. The number of carbonyl (C=O) groups excluding carboxylic acids is 1. The van der Waals surface area contributed by atoms with Gasteiger partial charge < -0.3 is 10.4 Å². The number of aliphatic carboxylic acids is 1.